The molecular weight excluding hydrogens is 419 g/mol. The number of ether oxygens (including phenoxy) is 1. The van der Waals surface area contributed by atoms with Crippen molar-refractivity contribution in [1.29, 1.82) is 0 Å². The van der Waals surface area contributed by atoms with Crippen molar-refractivity contribution in [2.24, 2.45) is 11.8 Å². The fourth-order valence-corrected chi connectivity index (χ4v) is 5.45. The Morgan fingerprint density at radius 1 is 1.25 bits per heavy atom. The molecule has 1 heterocycles. The Kier molecular flexibility index (Phi) is 7.63. The summed E-state index contributed by atoms with van der Waals surface area (Å²) in [5, 5.41) is 19.0. The number of aliphatic hydroxyl groups is 1. The molecule has 1 aliphatic carbocycles. The average Bonchev–Trinajstić information content (AvgIpc) is 3.27. The minimum Gasteiger partial charge on any atom is -0.493 e. The lowest BCUT2D eigenvalue weighted by Crippen LogP contribution is -2.21. The molecule has 2 N–H and O–H groups in total. The molecule has 4 nitrogen and oxygen atoms in total. The maximum atomic E-state index is 11.0. The van der Waals surface area contributed by atoms with Crippen molar-refractivity contribution in [1.82, 2.24) is 0 Å². The van der Waals surface area contributed by atoms with Crippen LogP contribution in [0.3, 0.4) is 0 Å². The van der Waals surface area contributed by atoms with Crippen LogP contribution in [0, 0.1) is 11.8 Å². The summed E-state index contributed by atoms with van der Waals surface area (Å²) >= 11 is 14.0. The van der Waals surface area contributed by atoms with E-state index in [1.165, 1.54) is 11.3 Å². The van der Waals surface area contributed by atoms with E-state index in [4.69, 9.17) is 33.0 Å². The van der Waals surface area contributed by atoms with Crippen LogP contribution in [0.4, 0.5) is 0 Å². The zero-order valence-electron chi connectivity index (χ0n) is 15.4. The van der Waals surface area contributed by atoms with Crippen LogP contribution in [-0.4, -0.2) is 28.2 Å². The van der Waals surface area contributed by atoms with Crippen LogP contribution in [0.15, 0.2) is 30.3 Å². The molecule has 0 aliphatic heterocycles. The van der Waals surface area contributed by atoms with Crippen LogP contribution in [0.25, 0.3) is 0 Å². The number of hydrogen-bond acceptors (Lipinski definition) is 4. The van der Waals surface area contributed by atoms with E-state index in [0.717, 1.165) is 42.5 Å². The highest BCUT2D eigenvalue weighted by Crippen LogP contribution is 2.39. The average molecular weight is 443 g/mol. The first-order valence-corrected chi connectivity index (χ1v) is 11.1. The van der Waals surface area contributed by atoms with E-state index in [1.807, 2.05) is 12.1 Å². The summed E-state index contributed by atoms with van der Waals surface area (Å²) in [4.78, 5) is 12.5. The molecule has 0 spiro atoms. The summed E-state index contributed by atoms with van der Waals surface area (Å²) in [6, 6.07) is 8.87. The van der Waals surface area contributed by atoms with Gasteiger partial charge in [-0.15, -0.1) is 22.9 Å². The largest absolute Gasteiger partial charge is 0.493 e. The van der Waals surface area contributed by atoms with Gasteiger partial charge in [-0.1, -0.05) is 11.6 Å². The molecule has 3 rings (SSSR count). The molecule has 0 amide bonds. The zero-order valence-corrected chi connectivity index (χ0v) is 17.8. The monoisotopic (exact) mass is 442 g/mol. The number of aryl methyl sites for hydroxylation is 1. The molecule has 2 aromatic rings. The standard InChI is InChI=1S/C21H24Cl2O4S/c22-15-8-13(11-24)9-16(10-15)27-12-14-4-6-19(23)18(14)3-1-2-17-5-7-20(28-17)21(25)26/h5,7-10,14,18-19,24H,1-4,6,11-12H2,(H,25,26)/t14-,18-,19?/m1/s1. The number of carboxylic acid groups (broad SMARTS) is 1. The summed E-state index contributed by atoms with van der Waals surface area (Å²) in [5.41, 5.74) is 0.734. The smallest absolute Gasteiger partial charge is 0.345 e. The summed E-state index contributed by atoms with van der Waals surface area (Å²) in [7, 11) is 0. The number of aromatic carboxylic acids is 1. The highest BCUT2D eigenvalue weighted by atomic mass is 35.5. The first-order valence-electron chi connectivity index (χ1n) is 9.45. The maximum Gasteiger partial charge on any atom is 0.345 e. The summed E-state index contributed by atoms with van der Waals surface area (Å²) < 4.78 is 5.97. The van der Waals surface area contributed by atoms with E-state index in [-0.39, 0.29) is 12.0 Å². The van der Waals surface area contributed by atoms with Crippen LogP contribution in [-0.2, 0) is 13.0 Å². The second kappa shape index (κ2) is 9.97. The molecule has 152 valence electrons. The molecule has 7 heteroatoms. The van der Waals surface area contributed by atoms with Crippen molar-refractivity contribution >= 4 is 40.5 Å². The Morgan fingerprint density at radius 3 is 2.79 bits per heavy atom. The summed E-state index contributed by atoms with van der Waals surface area (Å²) in [6.45, 7) is 0.514. The normalized spacial score (nSPS) is 21.8. The lowest BCUT2D eigenvalue weighted by atomic mass is 9.91. The minimum atomic E-state index is -0.865. The van der Waals surface area contributed by atoms with Gasteiger partial charge >= 0.3 is 5.97 Å². The molecule has 0 radical (unpaired) electrons. The maximum absolute atomic E-state index is 11.0. The number of halogens is 2. The molecular formula is C21H24Cl2O4S. The van der Waals surface area contributed by atoms with Gasteiger partial charge in [0.1, 0.15) is 10.6 Å². The van der Waals surface area contributed by atoms with Crippen molar-refractivity contribution in [3.05, 3.63) is 50.7 Å². The minimum absolute atomic E-state index is 0.0704. The topological polar surface area (TPSA) is 66.8 Å². The highest BCUT2D eigenvalue weighted by Gasteiger charge is 2.34. The van der Waals surface area contributed by atoms with Crippen molar-refractivity contribution in [3.8, 4) is 5.75 Å². The number of benzene rings is 1. The predicted octanol–water partition coefficient (Wildman–Crippen LogP) is 5.63. The van der Waals surface area contributed by atoms with Crippen molar-refractivity contribution in [3.63, 3.8) is 0 Å². The van der Waals surface area contributed by atoms with Gasteiger partial charge in [0.2, 0.25) is 0 Å². The molecule has 3 atom stereocenters. The van der Waals surface area contributed by atoms with E-state index in [9.17, 15) is 9.90 Å². The van der Waals surface area contributed by atoms with Gasteiger partial charge < -0.3 is 14.9 Å². The van der Waals surface area contributed by atoms with Crippen LogP contribution < -0.4 is 4.74 Å². The van der Waals surface area contributed by atoms with Crippen LogP contribution in [0.2, 0.25) is 5.02 Å². The van der Waals surface area contributed by atoms with Gasteiger partial charge in [0.25, 0.3) is 0 Å². The predicted molar refractivity (Wildman–Crippen MR) is 113 cm³/mol. The Hall–Kier alpha value is -1.27. The molecule has 1 fully saturated rings. The van der Waals surface area contributed by atoms with Gasteiger partial charge in [0, 0.05) is 15.3 Å². The molecule has 1 aliphatic rings. The van der Waals surface area contributed by atoms with E-state index >= 15 is 0 Å². The van der Waals surface area contributed by atoms with Gasteiger partial charge in [-0.3, -0.25) is 0 Å². The molecule has 0 saturated heterocycles. The van der Waals surface area contributed by atoms with E-state index in [2.05, 4.69) is 0 Å². The van der Waals surface area contributed by atoms with Gasteiger partial charge in [-0.25, -0.2) is 4.79 Å². The van der Waals surface area contributed by atoms with E-state index in [1.54, 1.807) is 18.2 Å². The lowest BCUT2D eigenvalue weighted by molar-refractivity contribution is 0.0702. The Labute approximate surface area is 179 Å². The Bertz CT molecular complexity index is 807. The SMILES string of the molecule is O=C(O)c1ccc(CCC[C@H]2C(Cl)CC[C@@H]2COc2cc(Cl)cc(CO)c2)s1. The first-order chi connectivity index (χ1) is 13.5. The quantitative estimate of drug-likeness (QED) is 0.493. The van der Waals surface area contributed by atoms with Gasteiger partial charge in [-0.2, -0.15) is 0 Å². The highest BCUT2D eigenvalue weighted by molar-refractivity contribution is 7.13. The fraction of sp³-hybridized carbons (Fsp3) is 0.476. The third-order valence-electron chi connectivity index (χ3n) is 5.29. The van der Waals surface area contributed by atoms with Crippen molar-refractivity contribution < 1.29 is 19.7 Å². The molecule has 1 aromatic heterocycles. The molecule has 1 aromatic carbocycles. The first kappa shape index (κ1) is 21.4. The van der Waals surface area contributed by atoms with Crippen LogP contribution in [0.5, 0.6) is 5.75 Å². The zero-order chi connectivity index (χ0) is 20.1. The lowest BCUT2D eigenvalue weighted by Gasteiger charge is -2.22. The Balaban J connectivity index is 1.52. The number of rotatable bonds is 9. The third-order valence-corrected chi connectivity index (χ3v) is 7.19. The number of alkyl halides is 1. The second-order valence-corrected chi connectivity index (χ2v) is 9.41. The second-order valence-electron chi connectivity index (χ2n) is 7.24. The van der Waals surface area contributed by atoms with Gasteiger partial charge in [0.05, 0.1) is 13.2 Å². The summed E-state index contributed by atoms with van der Waals surface area (Å²) in [6.07, 6.45) is 4.88. The number of thiophene rings is 1. The third kappa shape index (κ3) is 5.63. The van der Waals surface area contributed by atoms with Crippen molar-refractivity contribution in [2.45, 2.75) is 44.1 Å². The number of carbonyl (C=O) groups is 1. The molecule has 28 heavy (non-hydrogen) atoms. The molecule has 1 saturated carbocycles. The van der Waals surface area contributed by atoms with Crippen LogP contribution in [0.1, 0.15) is 45.8 Å². The number of carboxylic acids is 1. The van der Waals surface area contributed by atoms with Crippen LogP contribution >= 0.6 is 34.5 Å². The van der Waals surface area contributed by atoms with Gasteiger partial charge in [0.15, 0.2) is 0 Å². The summed E-state index contributed by atoms with van der Waals surface area (Å²) in [5.74, 6) is 0.581. The number of aliphatic hydroxyl groups excluding tert-OH is 1. The molecule has 0 bridgehead atoms. The van der Waals surface area contributed by atoms with E-state index in [0.29, 0.717) is 34.1 Å². The fourth-order valence-electron chi connectivity index (χ4n) is 3.86. The van der Waals surface area contributed by atoms with E-state index < -0.39 is 5.97 Å². The number of hydrogen-bond donors (Lipinski definition) is 2. The van der Waals surface area contributed by atoms with Crippen molar-refractivity contribution in [2.75, 3.05) is 6.61 Å². The Morgan fingerprint density at radius 2 is 2.07 bits per heavy atom. The van der Waals surface area contributed by atoms with Gasteiger partial charge in [-0.05, 0) is 79.8 Å². The molecule has 1 unspecified atom stereocenters.